The zero-order valence-electron chi connectivity index (χ0n) is 15.2. The molecular weight excluding hydrogens is 324 g/mol. The van der Waals surface area contributed by atoms with Crippen LogP contribution in [0.15, 0.2) is 18.2 Å². The normalized spacial score (nSPS) is 20.0. The third-order valence-corrected chi connectivity index (χ3v) is 4.11. The molecule has 25 heavy (non-hydrogen) atoms. The van der Waals surface area contributed by atoms with Gasteiger partial charge in [-0.2, -0.15) is 0 Å². The first-order valence-electron chi connectivity index (χ1n) is 8.14. The average Bonchev–Trinajstić information content (AvgIpc) is 2.77. The van der Waals surface area contributed by atoms with Crippen LogP contribution in [0.25, 0.3) is 0 Å². The van der Waals surface area contributed by atoms with Gasteiger partial charge in [0.1, 0.15) is 17.8 Å². The molecule has 0 radical (unpaired) electrons. The molecule has 1 aliphatic heterocycles. The summed E-state index contributed by atoms with van der Waals surface area (Å²) in [5, 5.41) is 2.67. The molecule has 2 rings (SSSR count). The minimum Gasteiger partial charge on any atom is -0.496 e. The smallest absolute Gasteiger partial charge is 0.326 e. The number of ether oxygens (including phenoxy) is 2. The van der Waals surface area contributed by atoms with E-state index in [-0.39, 0.29) is 12.5 Å². The molecule has 0 bridgehead atoms. The van der Waals surface area contributed by atoms with E-state index in [1.54, 1.807) is 32.2 Å². The van der Waals surface area contributed by atoms with Gasteiger partial charge in [0.2, 0.25) is 0 Å². The topological polar surface area (TPSA) is 84.9 Å². The molecule has 1 unspecified atom stereocenters. The third kappa shape index (κ3) is 3.75. The van der Waals surface area contributed by atoms with Crippen LogP contribution in [0.4, 0.5) is 4.79 Å². The van der Waals surface area contributed by atoms with E-state index in [0.29, 0.717) is 11.3 Å². The average molecular weight is 348 g/mol. The summed E-state index contributed by atoms with van der Waals surface area (Å²) in [6, 6.07) is 4.65. The Morgan fingerprint density at radius 2 is 2.00 bits per heavy atom. The van der Waals surface area contributed by atoms with Crippen LogP contribution in [0.2, 0.25) is 0 Å². The maximum absolute atomic E-state index is 12.8. The zero-order chi connectivity index (χ0) is 18.8. The Balaban J connectivity index is 2.19. The molecule has 1 N–H and O–H groups in total. The van der Waals surface area contributed by atoms with Crippen molar-refractivity contribution in [1.82, 2.24) is 10.2 Å². The number of esters is 1. The van der Waals surface area contributed by atoms with Gasteiger partial charge in [-0.1, -0.05) is 19.9 Å². The standard InChI is InChI=1S/C18H24N2O5/c1-11(2)10-25-15(21)9-20-16(22)18(4,19-17(20)23)13-6-7-14(24-5)12(3)8-13/h6-8,11H,9-10H2,1-5H3,(H,19,23). The maximum atomic E-state index is 12.8. The van der Waals surface area contributed by atoms with Gasteiger partial charge in [-0.3, -0.25) is 14.5 Å². The number of hydrogen-bond donors (Lipinski definition) is 1. The van der Waals surface area contributed by atoms with Crippen LogP contribution in [-0.4, -0.2) is 43.1 Å². The number of urea groups is 1. The van der Waals surface area contributed by atoms with Gasteiger partial charge < -0.3 is 14.8 Å². The first-order valence-corrected chi connectivity index (χ1v) is 8.14. The molecule has 3 amide bonds. The number of nitrogens with one attached hydrogen (secondary N) is 1. The molecule has 7 heteroatoms. The van der Waals surface area contributed by atoms with Crippen LogP contribution >= 0.6 is 0 Å². The van der Waals surface area contributed by atoms with E-state index in [2.05, 4.69) is 5.32 Å². The Morgan fingerprint density at radius 1 is 1.32 bits per heavy atom. The second-order valence-electron chi connectivity index (χ2n) is 6.71. The Kier molecular flexibility index (Phi) is 5.35. The molecule has 1 aromatic rings. The number of rotatable bonds is 6. The predicted molar refractivity (Wildman–Crippen MR) is 91.1 cm³/mol. The van der Waals surface area contributed by atoms with Crippen LogP contribution < -0.4 is 10.1 Å². The maximum Gasteiger partial charge on any atom is 0.326 e. The van der Waals surface area contributed by atoms with Crippen molar-refractivity contribution in [3.63, 3.8) is 0 Å². The molecule has 0 aromatic heterocycles. The SMILES string of the molecule is COc1ccc(C2(C)NC(=O)N(CC(=O)OCC(C)C)C2=O)cc1C. The van der Waals surface area contributed by atoms with E-state index in [4.69, 9.17) is 9.47 Å². The van der Waals surface area contributed by atoms with Crippen LogP contribution in [0, 0.1) is 12.8 Å². The number of nitrogens with zero attached hydrogens (tertiary/aromatic N) is 1. The summed E-state index contributed by atoms with van der Waals surface area (Å²) >= 11 is 0. The molecule has 1 aromatic carbocycles. The van der Waals surface area contributed by atoms with Crippen molar-refractivity contribution in [3.8, 4) is 5.75 Å². The minimum atomic E-state index is -1.23. The molecule has 136 valence electrons. The monoisotopic (exact) mass is 348 g/mol. The van der Waals surface area contributed by atoms with Crippen molar-refractivity contribution in [2.75, 3.05) is 20.3 Å². The number of carbonyl (C=O) groups is 3. The van der Waals surface area contributed by atoms with Crippen molar-refractivity contribution in [2.45, 2.75) is 33.2 Å². The quantitative estimate of drug-likeness (QED) is 0.627. The second kappa shape index (κ2) is 7.13. The fourth-order valence-electron chi connectivity index (χ4n) is 2.66. The molecular formula is C18H24N2O5. The van der Waals surface area contributed by atoms with Gasteiger partial charge in [-0.25, -0.2) is 4.79 Å². The molecule has 0 aliphatic carbocycles. The number of amides is 3. The fourth-order valence-corrected chi connectivity index (χ4v) is 2.66. The van der Waals surface area contributed by atoms with E-state index in [0.717, 1.165) is 10.5 Å². The highest BCUT2D eigenvalue weighted by molar-refractivity contribution is 6.08. The van der Waals surface area contributed by atoms with Crippen molar-refractivity contribution >= 4 is 17.9 Å². The van der Waals surface area contributed by atoms with Gasteiger partial charge in [-0.15, -0.1) is 0 Å². The second-order valence-corrected chi connectivity index (χ2v) is 6.71. The highest BCUT2D eigenvalue weighted by Crippen LogP contribution is 2.31. The number of imide groups is 1. The molecule has 1 heterocycles. The third-order valence-electron chi connectivity index (χ3n) is 4.11. The summed E-state index contributed by atoms with van der Waals surface area (Å²) in [5.74, 6) is -0.214. The highest BCUT2D eigenvalue weighted by Gasteiger charge is 2.49. The van der Waals surface area contributed by atoms with Crippen LogP contribution in [0.5, 0.6) is 5.75 Å². The van der Waals surface area contributed by atoms with E-state index >= 15 is 0 Å². The van der Waals surface area contributed by atoms with Crippen LogP contribution in [0.1, 0.15) is 31.9 Å². The summed E-state index contributed by atoms with van der Waals surface area (Å²) < 4.78 is 10.3. The van der Waals surface area contributed by atoms with Crippen LogP contribution in [0.3, 0.4) is 0 Å². The summed E-state index contributed by atoms with van der Waals surface area (Å²) in [7, 11) is 1.57. The van der Waals surface area contributed by atoms with Crippen molar-refractivity contribution < 1.29 is 23.9 Å². The highest BCUT2D eigenvalue weighted by atomic mass is 16.5. The van der Waals surface area contributed by atoms with E-state index < -0.39 is 30.0 Å². The van der Waals surface area contributed by atoms with Crippen molar-refractivity contribution in [2.24, 2.45) is 5.92 Å². The van der Waals surface area contributed by atoms with E-state index in [1.165, 1.54) is 0 Å². The largest absolute Gasteiger partial charge is 0.496 e. The Morgan fingerprint density at radius 3 is 2.56 bits per heavy atom. The molecule has 1 atom stereocenters. The summed E-state index contributed by atoms with van der Waals surface area (Å²) in [5.41, 5.74) is 0.243. The van der Waals surface area contributed by atoms with Crippen molar-refractivity contribution in [1.29, 1.82) is 0 Å². The lowest BCUT2D eigenvalue weighted by molar-refractivity contribution is -0.148. The number of hydrogen-bond acceptors (Lipinski definition) is 5. The summed E-state index contributed by atoms with van der Waals surface area (Å²) in [6.07, 6.45) is 0. The lowest BCUT2D eigenvalue weighted by Crippen LogP contribution is -2.41. The van der Waals surface area contributed by atoms with Crippen LogP contribution in [-0.2, 0) is 19.9 Å². The lowest BCUT2D eigenvalue weighted by atomic mass is 9.90. The molecule has 1 fully saturated rings. The Bertz CT molecular complexity index is 701. The lowest BCUT2D eigenvalue weighted by Gasteiger charge is -2.23. The molecule has 0 spiro atoms. The summed E-state index contributed by atoms with van der Waals surface area (Å²) in [6.45, 7) is 7.13. The Labute approximate surface area is 147 Å². The predicted octanol–water partition coefficient (Wildman–Crippen LogP) is 1.97. The Hall–Kier alpha value is -2.57. The van der Waals surface area contributed by atoms with Gasteiger partial charge in [0.15, 0.2) is 0 Å². The molecule has 0 saturated carbocycles. The number of benzene rings is 1. The van der Waals surface area contributed by atoms with Gasteiger partial charge >= 0.3 is 12.0 Å². The van der Waals surface area contributed by atoms with Gasteiger partial charge in [0.25, 0.3) is 5.91 Å². The molecule has 1 aliphatic rings. The number of carbonyl (C=O) groups excluding carboxylic acids is 3. The minimum absolute atomic E-state index is 0.180. The summed E-state index contributed by atoms with van der Waals surface area (Å²) in [4.78, 5) is 37.8. The number of aryl methyl sites for hydroxylation is 1. The van der Waals surface area contributed by atoms with E-state index in [1.807, 2.05) is 20.8 Å². The molecule has 7 nitrogen and oxygen atoms in total. The van der Waals surface area contributed by atoms with E-state index in [9.17, 15) is 14.4 Å². The van der Waals surface area contributed by atoms with Gasteiger partial charge in [-0.05, 0) is 43.0 Å². The first kappa shape index (κ1) is 18.8. The number of methoxy groups -OCH3 is 1. The van der Waals surface area contributed by atoms with Gasteiger partial charge in [0, 0.05) is 0 Å². The zero-order valence-corrected chi connectivity index (χ0v) is 15.2. The fraction of sp³-hybridized carbons (Fsp3) is 0.500. The molecule has 1 saturated heterocycles. The van der Waals surface area contributed by atoms with Crippen molar-refractivity contribution in [3.05, 3.63) is 29.3 Å². The van der Waals surface area contributed by atoms with Gasteiger partial charge in [0.05, 0.1) is 13.7 Å². The first-order chi connectivity index (χ1) is 11.7.